The maximum atomic E-state index is 11.0. The molecule has 0 amide bonds. The molecule has 0 saturated carbocycles. The van der Waals surface area contributed by atoms with E-state index in [4.69, 9.17) is 9.47 Å². The first kappa shape index (κ1) is 34.7. The van der Waals surface area contributed by atoms with Crippen LogP contribution in [-0.4, -0.2) is 63.3 Å². The molecule has 266 valence electrons. The largest absolute Gasteiger partial charge is 0.507 e. The minimum atomic E-state index is -1.03. The number of phenols is 8. The van der Waals surface area contributed by atoms with Crippen LogP contribution in [0.4, 0.5) is 0 Å². The average Bonchev–Trinajstić information content (AvgIpc) is 3.07. The number of phenolic OH excluding ortho intramolecular Hbond substituents is 8. The van der Waals surface area contributed by atoms with Crippen LogP contribution >= 0.6 is 0 Å². The summed E-state index contributed by atoms with van der Waals surface area (Å²) in [4.78, 5) is 0. The van der Waals surface area contributed by atoms with Crippen LogP contribution in [-0.2, 0) is 25.7 Å². The fourth-order valence-corrected chi connectivity index (χ4v) is 6.95. The van der Waals surface area contributed by atoms with Crippen molar-refractivity contribution >= 4 is 0 Å². The summed E-state index contributed by atoms with van der Waals surface area (Å²) in [5, 5.41) is 104. The third-order valence-corrected chi connectivity index (χ3v) is 9.67. The van der Waals surface area contributed by atoms with E-state index in [1.165, 1.54) is 48.5 Å². The summed E-state index contributed by atoms with van der Waals surface area (Å²) in [5.74, 6) is -1.25. The molecule has 12 heteroatoms. The highest BCUT2D eigenvalue weighted by Gasteiger charge is 2.35. The van der Waals surface area contributed by atoms with Gasteiger partial charge in [0, 0.05) is 47.2 Å². The highest BCUT2D eigenvalue weighted by Crippen LogP contribution is 2.48. The molecule has 2 heterocycles. The lowest BCUT2D eigenvalue weighted by molar-refractivity contribution is 0.0189. The van der Waals surface area contributed by atoms with Gasteiger partial charge in [0.2, 0.25) is 0 Å². The highest BCUT2D eigenvalue weighted by atomic mass is 16.5. The number of fused-ring (bicyclic) bond motifs is 2. The van der Waals surface area contributed by atoms with Gasteiger partial charge >= 0.3 is 0 Å². The lowest BCUT2D eigenvalue weighted by atomic mass is 9.90. The average molecular weight is 691 g/mol. The highest BCUT2D eigenvalue weighted by molar-refractivity contribution is 5.59. The predicted octanol–water partition coefficient (Wildman–Crippen LogP) is 5.53. The molecule has 6 rings (SSSR count). The number of hydrogen-bond acceptors (Lipinski definition) is 12. The summed E-state index contributed by atoms with van der Waals surface area (Å²) in [6.07, 6.45) is 2.15. The van der Waals surface area contributed by atoms with Crippen LogP contribution in [0.5, 0.6) is 57.5 Å². The van der Waals surface area contributed by atoms with E-state index >= 15 is 0 Å². The standard InChI is InChI=1S/C38H42O12/c39-25-11-9-19(13-30(25)44)36-33(47)16-24-34(49-36)18-29(43)21(35(24)48)7-5-3-1-2-4-6-8-22-27(41)17-28(42)23-15-32(46)37(50-38(22)23)20-10-12-26(40)31(45)14-20/h9-14,17-18,32-33,36-37,39-48H,1-8,15-16H2. The first-order valence-electron chi connectivity index (χ1n) is 16.8. The first-order valence-corrected chi connectivity index (χ1v) is 16.8. The number of aromatic hydroxyl groups is 8. The van der Waals surface area contributed by atoms with Gasteiger partial charge in [0.15, 0.2) is 23.0 Å². The molecule has 0 bridgehead atoms. The van der Waals surface area contributed by atoms with Gasteiger partial charge in [-0.3, -0.25) is 0 Å². The van der Waals surface area contributed by atoms with Crippen molar-refractivity contribution in [1.82, 2.24) is 0 Å². The second-order valence-electron chi connectivity index (χ2n) is 13.1. The minimum absolute atomic E-state index is 0.0766. The molecule has 50 heavy (non-hydrogen) atoms. The number of ether oxygens (including phenoxy) is 2. The van der Waals surface area contributed by atoms with Gasteiger partial charge in [0.05, 0.1) is 12.2 Å². The third-order valence-electron chi connectivity index (χ3n) is 9.67. The fraction of sp³-hybridized carbons (Fsp3) is 0.368. The molecule has 0 radical (unpaired) electrons. The van der Waals surface area contributed by atoms with Crippen molar-refractivity contribution in [1.29, 1.82) is 0 Å². The molecule has 2 aliphatic rings. The second kappa shape index (κ2) is 14.3. The topological polar surface area (TPSA) is 221 Å². The van der Waals surface area contributed by atoms with Crippen molar-refractivity contribution < 1.29 is 60.5 Å². The normalized spacial score (nSPS) is 19.6. The zero-order valence-corrected chi connectivity index (χ0v) is 27.3. The maximum absolute atomic E-state index is 11.0. The summed E-state index contributed by atoms with van der Waals surface area (Å²) < 4.78 is 12.0. The van der Waals surface area contributed by atoms with Gasteiger partial charge in [-0.15, -0.1) is 0 Å². The van der Waals surface area contributed by atoms with Gasteiger partial charge in [-0.2, -0.15) is 0 Å². The molecule has 0 aromatic heterocycles. The summed E-state index contributed by atoms with van der Waals surface area (Å²) in [6, 6.07) is 11.0. The molecule has 10 N–H and O–H groups in total. The zero-order chi connectivity index (χ0) is 35.7. The molecule has 4 aromatic carbocycles. The molecular formula is C38H42O12. The Morgan fingerprint density at radius 2 is 0.980 bits per heavy atom. The van der Waals surface area contributed by atoms with Gasteiger partial charge in [0.1, 0.15) is 46.7 Å². The van der Waals surface area contributed by atoms with Crippen LogP contribution in [0.15, 0.2) is 48.5 Å². The van der Waals surface area contributed by atoms with Crippen molar-refractivity contribution in [3.63, 3.8) is 0 Å². The van der Waals surface area contributed by atoms with Crippen LogP contribution < -0.4 is 9.47 Å². The Hall–Kier alpha value is -5.20. The maximum Gasteiger partial charge on any atom is 0.157 e. The lowest BCUT2D eigenvalue weighted by Crippen LogP contribution is -2.31. The van der Waals surface area contributed by atoms with Crippen LogP contribution in [0.3, 0.4) is 0 Å². The van der Waals surface area contributed by atoms with E-state index in [0.717, 1.165) is 32.1 Å². The Balaban J connectivity index is 1.00. The summed E-state index contributed by atoms with van der Waals surface area (Å²) in [6.45, 7) is 0. The molecular weight excluding hydrogens is 648 g/mol. The fourth-order valence-electron chi connectivity index (χ4n) is 6.95. The quantitative estimate of drug-likeness (QED) is 0.0693. The van der Waals surface area contributed by atoms with Crippen LogP contribution in [0.2, 0.25) is 0 Å². The van der Waals surface area contributed by atoms with E-state index in [1.807, 2.05) is 0 Å². The van der Waals surface area contributed by atoms with E-state index in [2.05, 4.69) is 0 Å². The zero-order valence-electron chi connectivity index (χ0n) is 27.3. The van der Waals surface area contributed by atoms with Gasteiger partial charge in [-0.05, 0) is 61.1 Å². The van der Waals surface area contributed by atoms with Crippen LogP contribution in [0, 0.1) is 0 Å². The molecule has 0 fully saturated rings. The number of hydrogen-bond donors (Lipinski definition) is 10. The van der Waals surface area contributed by atoms with E-state index in [1.54, 1.807) is 0 Å². The molecule has 2 aliphatic heterocycles. The molecule has 0 saturated heterocycles. The number of rotatable bonds is 11. The summed E-state index contributed by atoms with van der Waals surface area (Å²) in [5.41, 5.74) is 2.59. The smallest absolute Gasteiger partial charge is 0.157 e. The SMILES string of the molecule is Oc1ccc(C2Oc3cc(O)c(CCCCCCCCc4c(O)cc(O)c5c4OC(c4ccc(O)c(O)c4)C(O)C5)c(O)c3CC2O)cc1O. The Labute approximate surface area is 288 Å². The summed E-state index contributed by atoms with van der Waals surface area (Å²) in [7, 11) is 0. The molecule has 4 atom stereocenters. The Kier molecular flexibility index (Phi) is 9.94. The Bertz CT molecular complexity index is 1870. The number of aliphatic hydroxyl groups is 2. The number of aliphatic hydroxyl groups excluding tert-OH is 2. The van der Waals surface area contributed by atoms with E-state index < -0.39 is 24.4 Å². The Morgan fingerprint density at radius 1 is 0.480 bits per heavy atom. The van der Waals surface area contributed by atoms with Gasteiger partial charge in [-0.1, -0.05) is 37.8 Å². The molecule has 0 spiro atoms. The molecule has 4 aromatic rings. The lowest BCUT2D eigenvalue weighted by Gasteiger charge is -2.33. The second-order valence-corrected chi connectivity index (χ2v) is 13.1. The predicted molar refractivity (Wildman–Crippen MR) is 180 cm³/mol. The molecule has 12 nitrogen and oxygen atoms in total. The minimum Gasteiger partial charge on any atom is -0.507 e. The van der Waals surface area contributed by atoms with Crippen molar-refractivity contribution in [2.24, 2.45) is 0 Å². The number of unbranched alkanes of at least 4 members (excludes halogenated alkanes) is 5. The first-order chi connectivity index (χ1) is 23.9. The van der Waals surface area contributed by atoms with E-state index in [-0.39, 0.29) is 64.6 Å². The van der Waals surface area contributed by atoms with E-state index in [9.17, 15) is 51.1 Å². The molecule has 0 aliphatic carbocycles. The van der Waals surface area contributed by atoms with Gasteiger partial charge in [0.25, 0.3) is 0 Å². The van der Waals surface area contributed by atoms with Crippen molar-refractivity contribution in [3.05, 3.63) is 81.9 Å². The van der Waals surface area contributed by atoms with Crippen molar-refractivity contribution in [2.75, 3.05) is 0 Å². The van der Waals surface area contributed by atoms with E-state index in [0.29, 0.717) is 58.4 Å². The van der Waals surface area contributed by atoms with Crippen LogP contribution in [0.25, 0.3) is 0 Å². The van der Waals surface area contributed by atoms with Gasteiger partial charge < -0.3 is 60.5 Å². The molecule has 4 unspecified atom stereocenters. The monoisotopic (exact) mass is 690 g/mol. The van der Waals surface area contributed by atoms with Crippen LogP contribution in [0.1, 0.15) is 84.1 Å². The van der Waals surface area contributed by atoms with Crippen molar-refractivity contribution in [2.45, 2.75) is 88.6 Å². The summed E-state index contributed by atoms with van der Waals surface area (Å²) >= 11 is 0. The van der Waals surface area contributed by atoms with Crippen molar-refractivity contribution in [3.8, 4) is 57.5 Å². The third kappa shape index (κ3) is 6.94. The Morgan fingerprint density at radius 3 is 1.56 bits per heavy atom. The van der Waals surface area contributed by atoms with Gasteiger partial charge in [-0.25, -0.2) is 0 Å². The number of benzene rings is 4.